The van der Waals surface area contributed by atoms with Crippen molar-refractivity contribution in [2.45, 2.75) is 33.1 Å². The van der Waals surface area contributed by atoms with Gasteiger partial charge in [0.25, 0.3) is 0 Å². The average molecular weight is 345 g/mol. The standard InChI is InChI=1S/C22H23N3O/c1-3-16-9-7-8-12-18(16)23-22-21-19(13-15(2)14-20(21)26)25(24-22)17-10-5-4-6-11-17/h4-12,15H,3,13-14H2,1-2H3,(H,23,24). The van der Waals surface area contributed by atoms with Crippen molar-refractivity contribution in [2.24, 2.45) is 5.92 Å². The summed E-state index contributed by atoms with van der Waals surface area (Å²) < 4.78 is 1.93. The molecule has 4 rings (SSSR count). The van der Waals surface area contributed by atoms with Crippen molar-refractivity contribution in [2.75, 3.05) is 5.32 Å². The number of Topliss-reactive ketones (excluding diaryl/α,β-unsaturated/α-hetero) is 1. The van der Waals surface area contributed by atoms with Crippen LogP contribution in [-0.2, 0) is 12.8 Å². The van der Waals surface area contributed by atoms with Gasteiger partial charge in [0.1, 0.15) is 0 Å². The third kappa shape index (κ3) is 2.92. The molecule has 1 aromatic heterocycles. The zero-order valence-corrected chi connectivity index (χ0v) is 15.2. The molecule has 0 radical (unpaired) electrons. The van der Waals surface area contributed by atoms with Crippen LogP contribution in [0.1, 0.15) is 41.9 Å². The van der Waals surface area contributed by atoms with E-state index in [9.17, 15) is 4.79 Å². The number of ketones is 1. The smallest absolute Gasteiger partial charge is 0.168 e. The van der Waals surface area contributed by atoms with E-state index in [1.165, 1.54) is 5.56 Å². The number of nitrogens with zero attached hydrogens (tertiary/aromatic N) is 2. The summed E-state index contributed by atoms with van der Waals surface area (Å²) >= 11 is 0. The second-order valence-corrected chi connectivity index (χ2v) is 6.99. The molecule has 0 fully saturated rings. The van der Waals surface area contributed by atoms with Gasteiger partial charge in [-0.2, -0.15) is 0 Å². The van der Waals surface area contributed by atoms with Crippen molar-refractivity contribution in [1.82, 2.24) is 9.78 Å². The van der Waals surface area contributed by atoms with E-state index in [4.69, 9.17) is 5.10 Å². The summed E-state index contributed by atoms with van der Waals surface area (Å²) in [6.45, 7) is 4.26. The molecule has 26 heavy (non-hydrogen) atoms. The molecule has 2 aromatic carbocycles. The van der Waals surface area contributed by atoms with Crippen LogP contribution in [0.4, 0.5) is 11.5 Å². The number of anilines is 2. The second kappa shape index (κ2) is 6.79. The summed E-state index contributed by atoms with van der Waals surface area (Å²) in [7, 11) is 0. The molecular formula is C22H23N3O. The van der Waals surface area contributed by atoms with Gasteiger partial charge in [0.15, 0.2) is 11.6 Å². The van der Waals surface area contributed by atoms with E-state index >= 15 is 0 Å². The molecule has 1 aliphatic carbocycles. The molecule has 1 atom stereocenters. The highest BCUT2D eigenvalue weighted by Gasteiger charge is 2.31. The van der Waals surface area contributed by atoms with Gasteiger partial charge in [0.2, 0.25) is 0 Å². The Morgan fingerprint density at radius 3 is 2.58 bits per heavy atom. The lowest BCUT2D eigenvalue weighted by atomic mass is 9.87. The fourth-order valence-electron chi connectivity index (χ4n) is 3.70. The van der Waals surface area contributed by atoms with Gasteiger partial charge in [-0.3, -0.25) is 4.79 Å². The van der Waals surface area contributed by atoms with Crippen LogP contribution >= 0.6 is 0 Å². The van der Waals surface area contributed by atoms with Crippen LogP contribution in [0.5, 0.6) is 0 Å². The number of hydrogen-bond acceptors (Lipinski definition) is 3. The third-order valence-corrected chi connectivity index (χ3v) is 4.99. The first-order valence-electron chi connectivity index (χ1n) is 9.22. The molecule has 0 aliphatic heterocycles. The highest BCUT2D eigenvalue weighted by molar-refractivity contribution is 6.03. The molecule has 4 nitrogen and oxygen atoms in total. The predicted molar refractivity (Wildman–Crippen MR) is 104 cm³/mol. The number of nitrogens with one attached hydrogen (secondary N) is 1. The van der Waals surface area contributed by atoms with Crippen LogP contribution in [0.3, 0.4) is 0 Å². The Hall–Kier alpha value is -2.88. The Morgan fingerprint density at radius 1 is 1.08 bits per heavy atom. The molecule has 132 valence electrons. The topological polar surface area (TPSA) is 46.9 Å². The molecule has 3 aromatic rings. The highest BCUT2D eigenvalue weighted by atomic mass is 16.1. The van der Waals surface area contributed by atoms with Crippen LogP contribution in [0.2, 0.25) is 0 Å². The third-order valence-electron chi connectivity index (χ3n) is 4.99. The monoisotopic (exact) mass is 345 g/mol. The maximum absolute atomic E-state index is 12.8. The van der Waals surface area contributed by atoms with Crippen LogP contribution in [0.15, 0.2) is 54.6 Å². The molecule has 0 amide bonds. The first-order chi connectivity index (χ1) is 12.7. The minimum Gasteiger partial charge on any atom is -0.338 e. The number of para-hydroxylation sites is 2. The summed E-state index contributed by atoms with van der Waals surface area (Å²) in [6.07, 6.45) is 2.37. The molecule has 4 heteroatoms. The number of benzene rings is 2. The molecule has 0 spiro atoms. The first-order valence-corrected chi connectivity index (χ1v) is 9.22. The van der Waals surface area contributed by atoms with Crippen LogP contribution in [0.25, 0.3) is 5.69 Å². The predicted octanol–water partition coefficient (Wildman–Crippen LogP) is 4.94. The largest absolute Gasteiger partial charge is 0.338 e. The van der Waals surface area contributed by atoms with Crippen molar-refractivity contribution >= 4 is 17.3 Å². The molecule has 0 saturated carbocycles. The molecule has 1 unspecified atom stereocenters. The minimum absolute atomic E-state index is 0.178. The quantitative estimate of drug-likeness (QED) is 0.728. The Balaban J connectivity index is 1.84. The fourth-order valence-corrected chi connectivity index (χ4v) is 3.70. The van der Waals surface area contributed by atoms with Crippen molar-refractivity contribution in [3.05, 3.63) is 71.4 Å². The fraction of sp³-hybridized carbons (Fsp3) is 0.273. The first kappa shape index (κ1) is 16.6. The van der Waals surface area contributed by atoms with E-state index < -0.39 is 0 Å². The number of carbonyl (C=O) groups excluding carboxylic acids is 1. The van der Waals surface area contributed by atoms with E-state index in [1.807, 2.05) is 53.2 Å². The number of aromatic nitrogens is 2. The Morgan fingerprint density at radius 2 is 1.81 bits per heavy atom. The number of carbonyl (C=O) groups is 1. The lowest BCUT2D eigenvalue weighted by molar-refractivity contribution is 0.0953. The minimum atomic E-state index is 0.178. The normalized spacial score (nSPS) is 16.4. The van der Waals surface area contributed by atoms with Gasteiger partial charge in [-0.1, -0.05) is 50.2 Å². The Labute approximate surface area is 153 Å². The Bertz CT molecular complexity index is 943. The van der Waals surface area contributed by atoms with E-state index in [0.717, 1.165) is 35.5 Å². The summed E-state index contributed by atoms with van der Waals surface area (Å²) in [6, 6.07) is 18.2. The van der Waals surface area contributed by atoms with Gasteiger partial charge < -0.3 is 5.32 Å². The van der Waals surface area contributed by atoms with Gasteiger partial charge >= 0.3 is 0 Å². The van der Waals surface area contributed by atoms with E-state index in [1.54, 1.807) is 0 Å². The SMILES string of the molecule is CCc1ccccc1Nc1nn(-c2ccccc2)c2c1C(=O)CC(C)C2. The summed E-state index contributed by atoms with van der Waals surface area (Å²) in [5, 5.41) is 8.24. The lowest BCUT2D eigenvalue weighted by Gasteiger charge is -2.19. The van der Waals surface area contributed by atoms with Crippen LogP contribution in [0, 0.1) is 5.92 Å². The van der Waals surface area contributed by atoms with Gasteiger partial charge in [0.05, 0.1) is 16.9 Å². The van der Waals surface area contributed by atoms with Crippen molar-refractivity contribution in [1.29, 1.82) is 0 Å². The number of rotatable bonds is 4. The molecule has 1 heterocycles. The Kier molecular flexibility index (Phi) is 4.33. The van der Waals surface area contributed by atoms with Crippen molar-refractivity contribution in [3.8, 4) is 5.69 Å². The maximum Gasteiger partial charge on any atom is 0.168 e. The molecule has 0 bridgehead atoms. The number of fused-ring (bicyclic) bond motifs is 1. The highest BCUT2D eigenvalue weighted by Crippen LogP contribution is 2.34. The zero-order chi connectivity index (χ0) is 18.1. The molecule has 1 N–H and O–H groups in total. The summed E-state index contributed by atoms with van der Waals surface area (Å²) in [5.41, 5.74) is 4.98. The zero-order valence-electron chi connectivity index (χ0n) is 15.2. The van der Waals surface area contributed by atoms with Crippen molar-refractivity contribution < 1.29 is 4.79 Å². The van der Waals surface area contributed by atoms with Gasteiger partial charge in [-0.25, -0.2) is 4.68 Å². The van der Waals surface area contributed by atoms with Crippen LogP contribution < -0.4 is 5.32 Å². The van der Waals surface area contributed by atoms with Crippen LogP contribution in [-0.4, -0.2) is 15.6 Å². The molecule has 1 aliphatic rings. The summed E-state index contributed by atoms with van der Waals surface area (Å²) in [4.78, 5) is 12.8. The maximum atomic E-state index is 12.8. The van der Waals surface area contributed by atoms with Crippen molar-refractivity contribution in [3.63, 3.8) is 0 Å². The van der Waals surface area contributed by atoms with Gasteiger partial charge in [0, 0.05) is 12.1 Å². The van der Waals surface area contributed by atoms with E-state index in [2.05, 4.69) is 25.2 Å². The van der Waals surface area contributed by atoms with E-state index in [0.29, 0.717) is 18.2 Å². The van der Waals surface area contributed by atoms with Gasteiger partial charge in [-0.15, -0.1) is 5.10 Å². The van der Waals surface area contributed by atoms with Gasteiger partial charge in [-0.05, 0) is 42.5 Å². The molecule has 0 saturated heterocycles. The number of aryl methyl sites for hydroxylation is 1. The average Bonchev–Trinajstić information content (AvgIpc) is 3.01. The van der Waals surface area contributed by atoms with E-state index in [-0.39, 0.29) is 5.78 Å². The molecular weight excluding hydrogens is 322 g/mol. The summed E-state index contributed by atoms with van der Waals surface area (Å²) in [5.74, 6) is 1.18. The lowest BCUT2D eigenvalue weighted by Crippen LogP contribution is -2.19. The second-order valence-electron chi connectivity index (χ2n) is 6.99. The number of hydrogen-bond donors (Lipinski definition) is 1.